The molecule has 0 amide bonds. The van der Waals surface area contributed by atoms with Gasteiger partial charge in [0.15, 0.2) is 24.8 Å². The van der Waals surface area contributed by atoms with Crippen LogP contribution >= 0.6 is 0 Å². The van der Waals surface area contributed by atoms with Gasteiger partial charge in [-0.2, -0.15) is 0 Å². The number of aliphatic hydroxyl groups is 4. The Balaban J connectivity index is 2.85. The van der Waals surface area contributed by atoms with Crippen LogP contribution in [0.2, 0.25) is 0 Å². The standard InChI is InChI=1S/C12H24N2O4/c15-9-5-13(6-10-16)1-2-14(4-3-13,7-11-17)8-12-18/h1-4,15-18H,5-12H2/q+2. The van der Waals surface area contributed by atoms with Crippen molar-refractivity contribution in [1.82, 2.24) is 0 Å². The largest absolute Gasteiger partial charge is 0.390 e. The van der Waals surface area contributed by atoms with Gasteiger partial charge in [0.05, 0.1) is 26.4 Å². The van der Waals surface area contributed by atoms with E-state index in [2.05, 4.69) is 0 Å². The fourth-order valence-electron chi connectivity index (χ4n) is 2.20. The van der Waals surface area contributed by atoms with Crippen molar-refractivity contribution in [1.29, 1.82) is 0 Å². The molecule has 6 nitrogen and oxygen atoms in total. The Labute approximate surface area is 107 Å². The molecule has 0 atom stereocenters. The van der Waals surface area contributed by atoms with Gasteiger partial charge in [-0.25, -0.2) is 0 Å². The second kappa shape index (κ2) is 6.98. The van der Waals surface area contributed by atoms with E-state index in [0.29, 0.717) is 35.1 Å². The summed E-state index contributed by atoms with van der Waals surface area (Å²) < 4.78 is 0.785. The Bertz CT molecular complexity index is 246. The van der Waals surface area contributed by atoms with Crippen molar-refractivity contribution < 1.29 is 29.4 Å². The molecule has 0 saturated carbocycles. The zero-order valence-corrected chi connectivity index (χ0v) is 10.6. The van der Waals surface area contributed by atoms with Gasteiger partial charge in [-0.3, -0.25) is 8.97 Å². The number of nitrogens with zero attached hydrogens (tertiary/aromatic N) is 2. The highest BCUT2D eigenvalue weighted by atomic mass is 16.3. The Morgan fingerprint density at radius 3 is 0.889 bits per heavy atom. The van der Waals surface area contributed by atoms with E-state index in [1.54, 1.807) is 0 Å². The van der Waals surface area contributed by atoms with Crippen molar-refractivity contribution >= 4 is 0 Å². The first-order valence-electron chi connectivity index (χ1n) is 6.23. The van der Waals surface area contributed by atoms with Gasteiger partial charge in [0.25, 0.3) is 0 Å². The maximum atomic E-state index is 9.10. The van der Waals surface area contributed by atoms with Gasteiger partial charge in [0.2, 0.25) is 0 Å². The Morgan fingerprint density at radius 1 is 0.500 bits per heavy atom. The van der Waals surface area contributed by atoms with E-state index < -0.39 is 0 Å². The van der Waals surface area contributed by atoms with Crippen LogP contribution in [-0.2, 0) is 0 Å². The highest BCUT2D eigenvalue weighted by Gasteiger charge is 2.33. The van der Waals surface area contributed by atoms with Crippen molar-refractivity contribution in [2.45, 2.75) is 0 Å². The monoisotopic (exact) mass is 260 g/mol. The lowest BCUT2D eigenvalue weighted by molar-refractivity contribution is -0.885. The number of hydrogen-bond acceptors (Lipinski definition) is 4. The van der Waals surface area contributed by atoms with E-state index in [1.807, 2.05) is 24.8 Å². The van der Waals surface area contributed by atoms with Crippen LogP contribution in [0, 0.1) is 0 Å². The molecule has 1 aliphatic heterocycles. The van der Waals surface area contributed by atoms with Crippen LogP contribution in [0.5, 0.6) is 0 Å². The molecule has 0 fully saturated rings. The summed E-state index contributed by atoms with van der Waals surface area (Å²) in [6.45, 7) is 2.17. The third kappa shape index (κ3) is 3.61. The first kappa shape index (κ1) is 15.3. The van der Waals surface area contributed by atoms with Crippen LogP contribution in [0.15, 0.2) is 24.8 Å². The van der Waals surface area contributed by atoms with Crippen molar-refractivity contribution in [3.05, 3.63) is 24.8 Å². The molecule has 0 radical (unpaired) electrons. The Morgan fingerprint density at radius 2 is 0.722 bits per heavy atom. The molecule has 0 aromatic carbocycles. The lowest BCUT2D eigenvalue weighted by atomic mass is 10.3. The average molecular weight is 260 g/mol. The Hall–Kier alpha value is -0.760. The number of aliphatic hydroxyl groups excluding tert-OH is 4. The molecule has 1 rings (SSSR count). The van der Waals surface area contributed by atoms with Gasteiger partial charge in [-0.15, -0.1) is 0 Å². The van der Waals surface area contributed by atoms with Crippen LogP contribution in [-0.4, -0.2) is 82.0 Å². The summed E-state index contributed by atoms with van der Waals surface area (Å²) in [6.07, 6.45) is 7.66. The fourth-order valence-corrected chi connectivity index (χ4v) is 2.20. The molecule has 1 aliphatic rings. The first-order valence-corrected chi connectivity index (χ1v) is 6.23. The predicted molar refractivity (Wildman–Crippen MR) is 66.6 cm³/mol. The topological polar surface area (TPSA) is 80.9 Å². The fraction of sp³-hybridized carbons (Fsp3) is 0.667. The van der Waals surface area contributed by atoms with Crippen molar-refractivity contribution in [3.63, 3.8) is 0 Å². The van der Waals surface area contributed by atoms with E-state index in [0.717, 1.165) is 0 Å². The molecule has 0 saturated heterocycles. The summed E-state index contributed by atoms with van der Waals surface area (Å²) in [6, 6.07) is 0. The molecule has 0 bridgehead atoms. The minimum atomic E-state index is 0.0364. The van der Waals surface area contributed by atoms with E-state index >= 15 is 0 Å². The molecule has 0 aromatic heterocycles. The molecule has 0 spiro atoms. The minimum Gasteiger partial charge on any atom is -0.390 e. The minimum absolute atomic E-state index is 0.0364. The van der Waals surface area contributed by atoms with Crippen LogP contribution in [0.1, 0.15) is 0 Å². The maximum Gasteiger partial charge on any atom is 0.155 e. The van der Waals surface area contributed by atoms with Crippen molar-refractivity contribution in [2.75, 3.05) is 52.6 Å². The molecule has 0 aromatic rings. The SMILES string of the molecule is OCC[N+]1(CCO)C=C[N+](CCO)(CCO)C=C1. The second-order valence-corrected chi connectivity index (χ2v) is 4.59. The van der Waals surface area contributed by atoms with E-state index in [-0.39, 0.29) is 26.4 Å². The molecule has 1 heterocycles. The number of quaternary nitrogens is 2. The number of hydrogen-bond donors (Lipinski definition) is 4. The maximum absolute atomic E-state index is 9.10. The second-order valence-electron chi connectivity index (χ2n) is 4.59. The summed E-state index contributed by atoms with van der Waals surface area (Å²) >= 11 is 0. The quantitative estimate of drug-likeness (QED) is 0.402. The van der Waals surface area contributed by atoms with E-state index in [9.17, 15) is 0 Å². The van der Waals surface area contributed by atoms with Gasteiger partial charge < -0.3 is 20.4 Å². The first-order chi connectivity index (χ1) is 8.66. The third-order valence-electron chi connectivity index (χ3n) is 3.39. The summed E-state index contributed by atoms with van der Waals surface area (Å²) in [5.74, 6) is 0. The summed E-state index contributed by atoms with van der Waals surface area (Å²) in [5.41, 5.74) is 0. The lowest BCUT2D eigenvalue weighted by Crippen LogP contribution is -2.50. The van der Waals surface area contributed by atoms with Crippen molar-refractivity contribution in [3.8, 4) is 0 Å². The van der Waals surface area contributed by atoms with Crippen molar-refractivity contribution in [2.24, 2.45) is 0 Å². The highest BCUT2D eigenvalue weighted by Crippen LogP contribution is 2.21. The predicted octanol–water partition coefficient (Wildman–Crippen LogP) is -1.45. The van der Waals surface area contributed by atoms with Gasteiger partial charge >= 0.3 is 0 Å². The van der Waals surface area contributed by atoms with E-state index in [1.165, 1.54) is 0 Å². The average Bonchev–Trinajstić information content (AvgIpc) is 2.35. The Kier molecular flexibility index (Phi) is 5.94. The third-order valence-corrected chi connectivity index (χ3v) is 3.39. The molecular formula is C12H24N2O4+2. The van der Waals surface area contributed by atoms with Crippen LogP contribution in [0.3, 0.4) is 0 Å². The van der Waals surface area contributed by atoms with Crippen LogP contribution in [0.25, 0.3) is 0 Å². The normalized spacial score (nSPS) is 20.2. The zero-order valence-electron chi connectivity index (χ0n) is 10.6. The summed E-state index contributed by atoms with van der Waals surface area (Å²) in [4.78, 5) is 0. The molecule has 6 heteroatoms. The van der Waals surface area contributed by atoms with Crippen LogP contribution < -0.4 is 0 Å². The van der Waals surface area contributed by atoms with Gasteiger partial charge in [-0.1, -0.05) is 0 Å². The smallest absolute Gasteiger partial charge is 0.155 e. The molecular weight excluding hydrogens is 236 g/mol. The summed E-state index contributed by atoms with van der Waals surface area (Å²) in [7, 11) is 0. The van der Waals surface area contributed by atoms with Gasteiger partial charge in [0, 0.05) is 0 Å². The molecule has 0 unspecified atom stereocenters. The van der Waals surface area contributed by atoms with Gasteiger partial charge in [-0.05, 0) is 0 Å². The molecule has 0 aliphatic carbocycles. The summed E-state index contributed by atoms with van der Waals surface area (Å²) in [5, 5.41) is 36.4. The highest BCUT2D eigenvalue weighted by molar-refractivity contribution is 4.84. The van der Waals surface area contributed by atoms with Crippen LogP contribution in [0.4, 0.5) is 0 Å². The lowest BCUT2D eigenvalue weighted by Gasteiger charge is -2.37. The molecule has 4 N–H and O–H groups in total. The zero-order chi connectivity index (χ0) is 13.5. The molecule has 104 valence electrons. The number of rotatable bonds is 8. The molecule has 18 heavy (non-hydrogen) atoms. The van der Waals surface area contributed by atoms with Gasteiger partial charge in [0.1, 0.15) is 26.2 Å². The van der Waals surface area contributed by atoms with E-state index in [4.69, 9.17) is 20.4 Å².